The van der Waals surface area contributed by atoms with Crippen LogP contribution in [0.25, 0.3) is 5.70 Å². The highest BCUT2D eigenvalue weighted by Crippen LogP contribution is 2.26. The van der Waals surface area contributed by atoms with Crippen LogP contribution in [0.5, 0.6) is 0 Å². The normalized spacial score (nSPS) is 15.4. The number of carbonyl (C=O) groups is 3. The molecule has 0 saturated carbocycles. The first-order valence-corrected chi connectivity index (χ1v) is 24.2. The lowest BCUT2D eigenvalue weighted by Crippen LogP contribution is -2.55. The van der Waals surface area contributed by atoms with Gasteiger partial charge < -0.3 is 25.0 Å². The highest BCUT2D eigenvalue weighted by molar-refractivity contribution is 5.92. The summed E-state index contributed by atoms with van der Waals surface area (Å²) in [5.41, 5.74) is 6.93. The third kappa shape index (κ3) is 28.2. The number of aliphatic imine (C=N–C) groups is 1. The summed E-state index contributed by atoms with van der Waals surface area (Å²) in [5, 5.41) is 12.1. The number of hydrogen-bond acceptors (Lipinski definition) is 6. The van der Waals surface area contributed by atoms with Crippen molar-refractivity contribution in [3.63, 3.8) is 0 Å². The number of terminal acetylenes is 1. The third-order valence-electron chi connectivity index (χ3n) is 11.8. The van der Waals surface area contributed by atoms with Crippen molar-refractivity contribution >= 4 is 35.8 Å². The average molecular weight is 901 g/mol. The molecule has 0 radical (unpaired) electrons. The summed E-state index contributed by atoms with van der Waals surface area (Å²) < 4.78 is 5.36. The van der Waals surface area contributed by atoms with Gasteiger partial charge in [-0.15, -0.1) is 6.42 Å². The van der Waals surface area contributed by atoms with Crippen molar-refractivity contribution in [2.75, 3.05) is 45.7 Å². The Morgan fingerprint density at radius 2 is 1.57 bits per heavy atom. The maximum absolute atomic E-state index is 11.9. The fraction of sp³-hybridized carbons (Fsp3) is 0.607. The zero-order valence-corrected chi connectivity index (χ0v) is 43.4. The highest BCUT2D eigenvalue weighted by Gasteiger charge is 2.32. The van der Waals surface area contributed by atoms with Crippen LogP contribution in [0, 0.1) is 42.9 Å². The van der Waals surface area contributed by atoms with Gasteiger partial charge in [0.2, 0.25) is 17.7 Å². The van der Waals surface area contributed by atoms with Gasteiger partial charge in [-0.25, -0.2) is 0 Å². The van der Waals surface area contributed by atoms with E-state index in [0.717, 1.165) is 67.2 Å². The quantitative estimate of drug-likeness (QED) is 0.0622. The molecule has 1 heterocycles. The number of likely N-dealkylation sites (tertiary alicyclic amines) is 1. The Labute approximate surface area is 398 Å². The van der Waals surface area contributed by atoms with Crippen LogP contribution in [-0.2, 0) is 19.1 Å². The molecule has 4 unspecified atom stereocenters. The van der Waals surface area contributed by atoms with E-state index in [4.69, 9.17) is 16.3 Å². The van der Waals surface area contributed by atoms with Gasteiger partial charge in [0.05, 0.1) is 17.7 Å². The van der Waals surface area contributed by atoms with E-state index in [0.29, 0.717) is 43.5 Å². The second-order valence-corrected chi connectivity index (χ2v) is 17.7. The molecule has 3 amide bonds. The Morgan fingerprint density at radius 1 is 0.969 bits per heavy atom. The van der Waals surface area contributed by atoms with E-state index in [1.807, 2.05) is 57.2 Å². The number of aliphatic hydroxyl groups excluding tert-OH is 1. The Balaban J connectivity index is 0. The first kappa shape index (κ1) is 62.6. The van der Waals surface area contributed by atoms with Crippen molar-refractivity contribution in [2.45, 2.75) is 159 Å². The third-order valence-corrected chi connectivity index (χ3v) is 11.8. The summed E-state index contributed by atoms with van der Waals surface area (Å²) >= 11 is 0. The second-order valence-electron chi connectivity index (χ2n) is 17.7. The number of carbonyl (C=O) groups excluding carboxylic acids is 3. The van der Waals surface area contributed by atoms with Crippen molar-refractivity contribution in [3.8, 4) is 12.3 Å². The zero-order valence-electron chi connectivity index (χ0n) is 43.4. The summed E-state index contributed by atoms with van der Waals surface area (Å²) in [5.74, 6) is 4.67. The maximum atomic E-state index is 11.9. The molecule has 1 fully saturated rings. The number of amides is 3. The van der Waals surface area contributed by atoms with E-state index in [-0.39, 0.29) is 29.7 Å². The van der Waals surface area contributed by atoms with Gasteiger partial charge in [-0.2, -0.15) is 0 Å². The number of allylic oxidation sites excluding steroid dienone is 6. The van der Waals surface area contributed by atoms with Gasteiger partial charge in [0.1, 0.15) is 0 Å². The number of anilines is 1. The minimum absolute atomic E-state index is 0.0479. The lowest BCUT2D eigenvalue weighted by atomic mass is 9.97. The van der Waals surface area contributed by atoms with E-state index >= 15 is 0 Å². The molecule has 1 aliphatic heterocycles. The fourth-order valence-corrected chi connectivity index (χ4v) is 6.27. The second kappa shape index (κ2) is 37.7. The Bertz CT molecular complexity index is 1690. The van der Waals surface area contributed by atoms with Crippen LogP contribution in [0.2, 0.25) is 0 Å². The first-order valence-electron chi connectivity index (χ1n) is 24.2. The molecule has 65 heavy (non-hydrogen) atoms. The molecule has 1 saturated heterocycles. The topological polar surface area (TPSA) is 112 Å². The molecule has 4 atom stereocenters. The molecule has 0 bridgehead atoms. The molecular formula is C56H92N4O5. The molecule has 1 aliphatic carbocycles. The molecule has 0 aromatic heterocycles. The molecule has 3 rings (SSSR count). The predicted molar refractivity (Wildman–Crippen MR) is 280 cm³/mol. The molecule has 366 valence electrons. The van der Waals surface area contributed by atoms with Gasteiger partial charge >= 0.3 is 0 Å². The summed E-state index contributed by atoms with van der Waals surface area (Å²) in [6.07, 6.45) is 25.7. The van der Waals surface area contributed by atoms with Crippen LogP contribution >= 0.6 is 0 Å². The molecular weight excluding hydrogens is 809 g/mol. The number of β-amino-alcohol motifs (C(OH)–C–C–N with tert-alkyl or cyclic N) is 1. The van der Waals surface area contributed by atoms with Crippen LogP contribution < -0.4 is 5.32 Å². The Morgan fingerprint density at radius 3 is 2.08 bits per heavy atom. The minimum Gasteiger partial charge on any atom is -0.389 e. The van der Waals surface area contributed by atoms with Crippen molar-refractivity contribution in [3.05, 3.63) is 83.5 Å². The van der Waals surface area contributed by atoms with Crippen LogP contribution in [-0.4, -0.2) is 85.8 Å². The predicted octanol–water partition coefficient (Wildman–Crippen LogP) is 12.8. The smallest absolute Gasteiger partial charge is 0.230 e. The van der Waals surface area contributed by atoms with Crippen LogP contribution in [0.15, 0.2) is 77.4 Å². The summed E-state index contributed by atoms with van der Waals surface area (Å²) in [6.45, 7) is 36.7. The molecule has 2 N–H and O–H groups in total. The van der Waals surface area contributed by atoms with Crippen molar-refractivity contribution in [1.82, 2.24) is 9.80 Å². The van der Waals surface area contributed by atoms with Crippen LogP contribution in [0.4, 0.5) is 5.69 Å². The minimum atomic E-state index is -0.345. The van der Waals surface area contributed by atoms with Crippen LogP contribution in [0.3, 0.4) is 0 Å². The lowest BCUT2D eigenvalue weighted by Gasteiger charge is -2.37. The van der Waals surface area contributed by atoms with Gasteiger partial charge in [0.25, 0.3) is 0 Å². The van der Waals surface area contributed by atoms with Gasteiger partial charge in [-0.3, -0.25) is 19.4 Å². The van der Waals surface area contributed by atoms with Crippen LogP contribution in [0.1, 0.15) is 157 Å². The molecule has 2 aliphatic rings. The molecule has 0 spiro atoms. The monoisotopic (exact) mass is 901 g/mol. The van der Waals surface area contributed by atoms with E-state index in [1.165, 1.54) is 49.7 Å². The van der Waals surface area contributed by atoms with E-state index in [9.17, 15) is 14.4 Å². The fourth-order valence-electron chi connectivity index (χ4n) is 6.27. The lowest BCUT2D eigenvalue weighted by molar-refractivity contribution is -0.143. The van der Waals surface area contributed by atoms with Crippen molar-refractivity contribution in [1.29, 1.82) is 0 Å². The van der Waals surface area contributed by atoms with Crippen molar-refractivity contribution < 1.29 is 24.2 Å². The Kier molecular flexibility index (Phi) is 36.3. The standard InChI is InChI=1S/C16H22N2O.C13H19NO2.C10H14.C9H20O.C8H17NO/c1-6-11(2)10-16(19)18-15-9-7-8-14(12(15)3)13(4)17-5;1-4-6-7-11(5-2)10(3)13(16)14-8-12(15)9-14;1-3-10-8-6-4-5-7-9(10)2;1-4-7-10-8-6-9(3)5-2;1-5-7(2)6-8(10)9(3)4/h7-9,11H,4-6,10H2,1-3H3,(H,18,19);4-7,10,12,15H,2,8-9H2,1,3H3;1H,4-8H2,2H3;9H,4-8H2,1-3H3;7H,5-6H2,1-4H3/b;6-4-,11-7+;;;. The van der Waals surface area contributed by atoms with E-state index < -0.39 is 0 Å². The Hall–Kier alpha value is -4.52. The van der Waals surface area contributed by atoms with E-state index in [1.54, 1.807) is 30.0 Å². The number of hydrogen-bond donors (Lipinski definition) is 2. The number of benzene rings is 1. The van der Waals surface area contributed by atoms with Crippen molar-refractivity contribution in [2.24, 2.45) is 28.7 Å². The van der Waals surface area contributed by atoms with Gasteiger partial charge in [0.15, 0.2) is 0 Å². The number of ether oxygens (including phenoxy) is 1. The summed E-state index contributed by atoms with van der Waals surface area (Å²) in [7, 11) is 3.59. The molecule has 9 heteroatoms. The molecule has 9 nitrogen and oxygen atoms in total. The SMILES string of the molecule is C#CC1=C(C)CCCCC1.C=C/C(=C\C=C/C)C(C)C(=O)N1CC(O)C1.C=NC(=C)c1cccc(NC(=O)CC(C)CC)c1C.CCC(C)CC(=O)N(C)C.CCCOCCC(C)CC. The van der Waals surface area contributed by atoms with Gasteiger partial charge in [0, 0.05) is 70.1 Å². The van der Waals surface area contributed by atoms with Gasteiger partial charge in [-0.05, 0) is 108 Å². The van der Waals surface area contributed by atoms with Gasteiger partial charge in [-0.1, -0.05) is 135 Å². The number of nitrogens with one attached hydrogen (secondary N) is 1. The average Bonchev–Trinajstić information content (AvgIpc) is 3.50. The molecule has 1 aromatic rings. The summed E-state index contributed by atoms with van der Waals surface area (Å²) in [6, 6.07) is 5.71. The maximum Gasteiger partial charge on any atom is 0.230 e. The molecule has 1 aromatic carbocycles. The largest absolute Gasteiger partial charge is 0.389 e. The number of rotatable bonds is 19. The first-order chi connectivity index (χ1) is 30.8. The number of nitrogens with zero attached hydrogens (tertiary/aromatic N) is 3. The van der Waals surface area contributed by atoms with E-state index in [2.05, 4.69) is 91.5 Å². The number of aliphatic hydroxyl groups is 1. The zero-order chi connectivity index (χ0) is 49.9. The summed E-state index contributed by atoms with van der Waals surface area (Å²) in [4.78, 5) is 42.0. The highest BCUT2D eigenvalue weighted by atomic mass is 16.5.